The third kappa shape index (κ3) is 4.70. The van der Waals surface area contributed by atoms with Crippen molar-refractivity contribution in [2.24, 2.45) is 0 Å². The van der Waals surface area contributed by atoms with Crippen LogP contribution in [-0.4, -0.2) is 27.7 Å². The van der Waals surface area contributed by atoms with Crippen LogP contribution in [-0.2, 0) is 22.6 Å². The summed E-state index contributed by atoms with van der Waals surface area (Å²) < 4.78 is 0.936. The fraction of sp³-hybridized carbons (Fsp3) is 0.167. The van der Waals surface area contributed by atoms with Gasteiger partial charge in [-0.05, 0) is 35.4 Å². The summed E-state index contributed by atoms with van der Waals surface area (Å²) in [6, 6.07) is 14.8. The number of halogens is 1. The number of hydrogen-bond acceptors (Lipinski definition) is 4. The summed E-state index contributed by atoms with van der Waals surface area (Å²) in [6.45, 7) is 0.261. The monoisotopic (exact) mass is 418 g/mol. The molecule has 2 aromatic rings. The molecule has 128 valence electrons. The van der Waals surface area contributed by atoms with Crippen molar-refractivity contribution in [2.75, 3.05) is 11.1 Å². The van der Waals surface area contributed by atoms with E-state index in [1.165, 1.54) is 4.90 Å². The number of nitrogens with one attached hydrogen (secondary N) is 1. The Morgan fingerprint density at radius 2 is 1.88 bits per heavy atom. The van der Waals surface area contributed by atoms with Crippen molar-refractivity contribution >= 4 is 50.4 Å². The molecule has 1 aliphatic heterocycles. The second-order valence-corrected chi connectivity index (χ2v) is 7.43. The summed E-state index contributed by atoms with van der Waals surface area (Å²) in [5.41, 5.74) is 2.44. The number of carbonyl (C=O) groups excluding carboxylic acids is 3. The second-order valence-electron chi connectivity index (χ2n) is 5.59. The number of amides is 3. The van der Waals surface area contributed by atoms with Crippen molar-refractivity contribution < 1.29 is 14.4 Å². The van der Waals surface area contributed by atoms with E-state index in [0.29, 0.717) is 5.69 Å². The molecule has 1 saturated heterocycles. The lowest BCUT2D eigenvalue weighted by Gasteiger charge is -2.13. The average Bonchev–Trinajstić information content (AvgIpc) is 2.88. The predicted octanol–water partition coefficient (Wildman–Crippen LogP) is 3.83. The number of anilines is 1. The molecule has 0 aromatic heterocycles. The molecule has 0 spiro atoms. The van der Waals surface area contributed by atoms with E-state index in [1.54, 1.807) is 24.3 Å². The van der Waals surface area contributed by atoms with E-state index in [0.717, 1.165) is 27.4 Å². The van der Waals surface area contributed by atoms with Crippen LogP contribution >= 0.6 is 27.7 Å². The molecule has 0 bridgehead atoms. The maximum Gasteiger partial charge on any atom is 0.289 e. The minimum atomic E-state index is -0.212. The van der Waals surface area contributed by atoms with Crippen LogP contribution in [0.4, 0.5) is 10.5 Å². The van der Waals surface area contributed by atoms with Gasteiger partial charge in [-0.1, -0.05) is 52.0 Å². The summed E-state index contributed by atoms with van der Waals surface area (Å²) in [5.74, 6) is -0.0590. The molecule has 7 heteroatoms. The largest absolute Gasteiger partial charge is 0.326 e. The molecule has 3 rings (SSSR count). The molecule has 0 unspecified atom stereocenters. The lowest BCUT2D eigenvalue weighted by atomic mass is 10.1. The summed E-state index contributed by atoms with van der Waals surface area (Å²) in [4.78, 5) is 36.6. The normalized spacial score (nSPS) is 14.0. The zero-order valence-electron chi connectivity index (χ0n) is 13.2. The van der Waals surface area contributed by atoms with Crippen LogP contribution in [0.15, 0.2) is 53.0 Å². The number of benzene rings is 2. The molecule has 0 saturated carbocycles. The Hall–Kier alpha value is -2.12. The fourth-order valence-electron chi connectivity index (χ4n) is 2.45. The van der Waals surface area contributed by atoms with E-state index in [2.05, 4.69) is 21.2 Å². The lowest BCUT2D eigenvalue weighted by Crippen LogP contribution is -2.27. The van der Waals surface area contributed by atoms with Crippen LogP contribution in [0.2, 0.25) is 0 Å². The highest BCUT2D eigenvalue weighted by Crippen LogP contribution is 2.22. The van der Waals surface area contributed by atoms with E-state index in [4.69, 9.17) is 0 Å². The van der Waals surface area contributed by atoms with Gasteiger partial charge in [0.2, 0.25) is 11.8 Å². The molecular formula is C18H15BrN2O3S. The van der Waals surface area contributed by atoms with Gasteiger partial charge in [-0.15, -0.1) is 0 Å². The first-order valence-electron chi connectivity index (χ1n) is 7.61. The Balaban J connectivity index is 1.58. The van der Waals surface area contributed by atoms with Crippen molar-refractivity contribution in [2.45, 2.75) is 13.0 Å². The van der Waals surface area contributed by atoms with Crippen LogP contribution in [0.3, 0.4) is 0 Å². The molecular weight excluding hydrogens is 404 g/mol. The van der Waals surface area contributed by atoms with E-state index in [1.807, 2.05) is 24.3 Å². The zero-order valence-corrected chi connectivity index (χ0v) is 15.6. The average molecular weight is 419 g/mol. The van der Waals surface area contributed by atoms with Gasteiger partial charge in [0, 0.05) is 10.2 Å². The van der Waals surface area contributed by atoms with Gasteiger partial charge in [-0.25, -0.2) is 0 Å². The first-order chi connectivity index (χ1) is 12.0. The molecule has 0 radical (unpaired) electrons. The molecule has 1 heterocycles. The van der Waals surface area contributed by atoms with E-state index >= 15 is 0 Å². The van der Waals surface area contributed by atoms with Gasteiger partial charge in [0.05, 0.1) is 18.7 Å². The number of imide groups is 1. The molecule has 1 fully saturated rings. The summed E-state index contributed by atoms with van der Waals surface area (Å²) in [6.07, 6.45) is 0.287. The Kier molecular flexibility index (Phi) is 5.55. The number of carbonyl (C=O) groups is 3. The third-order valence-electron chi connectivity index (χ3n) is 3.67. The van der Waals surface area contributed by atoms with Crippen LogP contribution in [0.25, 0.3) is 0 Å². The minimum absolute atomic E-state index is 0.104. The maximum absolute atomic E-state index is 12.1. The Morgan fingerprint density at radius 1 is 1.12 bits per heavy atom. The maximum atomic E-state index is 12.1. The first kappa shape index (κ1) is 17.7. The highest BCUT2D eigenvalue weighted by molar-refractivity contribution is 9.10. The van der Waals surface area contributed by atoms with Crippen LogP contribution in [0, 0.1) is 0 Å². The van der Waals surface area contributed by atoms with Gasteiger partial charge in [0.25, 0.3) is 5.24 Å². The van der Waals surface area contributed by atoms with Gasteiger partial charge in [0.1, 0.15) is 0 Å². The standard InChI is InChI=1S/C18H15BrN2O3S/c19-14-3-1-2-13(8-14)9-16(22)20-15-6-4-12(5-7-15)10-21-17(23)11-25-18(21)24/h1-8H,9-11H2,(H,20,22). The topological polar surface area (TPSA) is 66.5 Å². The molecule has 0 atom stereocenters. The summed E-state index contributed by atoms with van der Waals surface area (Å²) >= 11 is 4.41. The number of rotatable bonds is 5. The van der Waals surface area contributed by atoms with Crippen molar-refractivity contribution in [3.8, 4) is 0 Å². The summed E-state index contributed by atoms with van der Waals surface area (Å²) in [5, 5.41) is 2.63. The molecule has 5 nitrogen and oxygen atoms in total. The SMILES string of the molecule is O=C(Cc1cccc(Br)c1)Nc1ccc(CN2C(=O)CSC2=O)cc1. The number of thioether (sulfide) groups is 1. The van der Waals surface area contributed by atoms with Crippen LogP contribution in [0.1, 0.15) is 11.1 Å². The molecule has 0 aliphatic carbocycles. The van der Waals surface area contributed by atoms with E-state index < -0.39 is 0 Å². The zero-order chi connectivity index (χ0) is 17.8. The van der Waals surface area contributed by atoms with Crippen molar-refractivity contribution in [3.63, 3.8) is 0 Å². The Morgan fingerprint density at radius 3 is 2.52 bits per heavy atom. The molecule has 1 aliphatic rings. The molecule has 25 heavy (non-hydrogen) atoms. The highest BCUT2D eigenvalue weighted by Gasteiger charge is 2.29. The van der Waals surface area contributed by atoms with Gasteiger partial charge >= 0.3 is 0 Å². The molecule has 1 N–H and O–H groups in total. The number of nitrogens with zero attached hydrogens (tertiary/aromatic N) is 1. The second kappa shape index (κ2) is 7.84. The van der Waals surface area contributed by atoms with E-state index in [-0.39, 0.29) is 35.8 Å². The van der Waals surface area contributed by atoms with E-state index in [9.17, 15) is 14.4 Å². The Bertz CT molecular complexity index is 807. The van der Waals surface area contributed by atoms with Crippen molar-refractivity contribution in [3.05, 3.63) is 64.1 Å². The van der Waals surface area contributed by atoms with Crippen molar-refractivity contribution in [1.82, 2.24) is 4.90 Å². The fourth-order valence-corrected chi connectivity index (χ4v) is 3.62. The van der Waals surface area contributed by atoms with Crippen LogP contribution < -0.4 is 5.32 Å². The van der Waals surface area contributed by atoms with Gasteiger partial charge in [0.15, 0.2) is 0 Å². The number of hydrogen-bond donors (Lipinski definition) is 1. The predicted molar refractivity (Wildman–Crippen MR) is 101 cm³/mol. The minimum Gasteiger partial charge on any atom is -0.326 e. The first-order valence-corrected chi connectivity index (χ1v) is 9.39. The van der Waals surface area contributed by atoms with Crippen LogP contribution in [0.5, 0.6) is 0 Å². The van der Waals surface area contributed by atoms with Gasteiger partial charge in [-0.2, -0.15) is 0 Å². The van der Waals surface area contributed by atoms with Gasteiger partial charge < -0.3 is 5.32 Å². The lowest BCUT2D eigenvalue weighted by molar-refractivity contribution is -0.125. The quantitative estimate of drug-likeness (QED) is 0.800. The molecule has 2 aromatic carbocycles. The third-order valence-corrected chi connectivity index (χ3v) is 5.02. The highest BCUT2D eigenvalue weighted by atomic mass is 79.9. The Labute approximate surface area is 157 Å². The van der Waals surface area contributed by atoms with Crippen molar-refractivity contribution in [1.29, 1.82) is 0 Å². The van der Waals surface area contributed by atoms with Gasteiger partial charge in [-0.3, -0.25) is 19.3 Å². The molecule has 3 amide bonds. The smallest absolute Gasteiger partial charge is 0.289 e. The summed E-state index contributed by atoms with van der Waals surface area (Å²) in [7, 11) is 0.